The molecule has 1 aromatic rings. The van der Waals surface area contributed by atoms with Gasteiger partial charge in [-0.1, -0.05) is 17.7 Å². The van der Waals surface area contributed by atoms with E-state index < -0.39 is 0 Å². The van der Waals surface area contributed by atoms with Crippen molar-refractivity contribution in [2.75, 3.05) is 19.6 Å². The number of fused-ring (bicyclic) bond motifs is 2. The van der Waals surface area contributed by atoms with E-state index in [1.807, 2.05) is 0 Å². The standard InChI is InChI=1S/C17H24N2O/c1-12-4-5-17-13(9-12)10-14(20-17)11-18-15-6-8-19-7-2-3-16(15)19/h4-5,9,14-16,18H,2-3,6-8,10-11H2,1H3. The van der Waals surface area contributed by atoms with E-state index in [2.05, 4.69) is 35.3 Å². The maximum atomic E-state index is 6.06. The summed E-state index contributed by atoms with van der Waals surface area (Å²) in [6.45, 7) is 5.74. The third kappa shape index (κ3) is 2.23. The van der Waals surface area contributed by atoms with E-state index >= 15 is 0 Å². The molecule has 1 N–H and O–H groups in total. The maximum Gasteiger partial charge on any atom is 0.123 e. The van der Waals surface area contributed by atoms with Crippen LogP contribution in [0.1, 0.15) is 30.4 Å². The topological polar surface area (TPSA) is 24.5 Å². The molecule has 3 atom stereocenters. The van der Waals surface area contributed by atoms with Gasteiger partial charge in [0.15, 0.2) is 0 Å². The smallest absolute Gasteiger partial charge is 0.123 e. The Morgan fingerprint density at radius 1 is 1.30 bits per heavy atom. The number of ether oxygens (including phenoxy) is 1. The summed E-state index contributed by atoms with van der Waals surface area (Å²) >= 11 is 0. The van der Waals surface area contributed by atoms with Crippen molar-refractivity contribution in [1.82, 2.24) is 10.2 Å². The van der Waals surface area contributed by atoms with Gasteiger partial charge in [0, 0.05) is 31.6 Å². The van der Waals surface area contributed by atoms with Crippen LogP contribution in [-0.4, -0.2) is 42.7 Å². The van der Waals surface area contributed by atoms with Crippen LogP contribution >= 0.6 is 0 Å². The Balaban J connectivity index is 1.33. The van der Waals surface area contributed by atoms with Gasteiger partial charge < -0.3 is 10.1 Å². The molecule has 3 nitrogen and oxygen atoms in total. The van der Waals surface area contributed by atoms with E-state index in [1.165, 1.54) is 43.5 Å². The van der Waals surface area contributed by atoms with Crippen molar-refractivity contribution in [2.24, 2.45) is 0 Å². The second-order valence-electron chi connectivity index (χ2n) is 6.60. The normalized spacial score (nSPS) is 32.1. The lowest BCUT2D eigenvalue weighted by molar-refractivity contribution is 0.214. The van der Waals surface area contributed by atoms with Crippen molar-refractivity contribution in [3.63, 3.8) is 0 Å². The second kappa shape index (κ2) is 5.05. The first kappa shape index (κ1) is 12.7. The lowest BCUT2D eigenvalue weighted by atomic mass is 10.1. The Kier molecular flexibility index (Phi) is 3.20. The van der Waals surface area contributed by atoms with Crippen molar-refractivity contribution in [1.29, 1.82) is 0 Å². The first-order valence-electron chi connectivity index (χ1n) is 8.03. The highest BCUT2D eigenvalue weighted by molar-refractivity contribution is 5.40. The first-order valence-corrected chi connectivity index (χ1v) is 8.03. The summed E-state index contributed by atoms with van der Waals surface area (Å²) in [5.74, 6) is 1.09. The fourth-order valence-corrected chi connectivity index (χ4v) is 4.17. The molecule has 108 valence electrons. The van der Waals surface area contributed by atoms with Gasteiger partial charge in [-0.2, -0.15) is 0 Å². The number of benzene rings is 1. The van der Waals surface area contributed by atoms with Crippen LogP contribution in [0.3, 0.4) is 0 Å². The third-order valence-electron chi connectivity index (χ3n) is 5.17. The number of aryl methyl sites for hydroxylation is 1. The molecule has 0 radical (unpaired) electrons. The molecule has 0 aliphatic carbocycles. The van der Waals surface area contributed by atoms with Gasteiger partial charge in [-0.05, 0) is 44.4 Å². The van der Waals surface area contributed by atoms with Crippen LogP contribution < -0.4 is 10.1 Å². The molecule has 20 heavy (non-hydrogen) atoms. The van der Waals surface area contributed by atoms with Gasteiger partial charge in [0.25, 0.3) is 0 Å². The van der Waals surface area contributed by atoms with Crippen LogP contribution in [0.15, 0.2) is 18.2 Å². The fourth-order valence-electron chi connectivity index (χ4n) is 4.17. The molecule has 2 fully saturated rings. The van der Waals surface area contributed by atoms with Gasteiger partial charge in [0.2, 0.25) is 0 Å². The zero-order valence-corrected chi connectivity index (χ0v) is 12.3. The molecular weight excluding hydrogens is 248 g/mol. The predicted octanol–water partition coefficient (Wildman–Crippen LogP) is 2.12. The van der Waals surface area contributed by atoms with Crippen LogP contribution in [0.4, 0.5) is 0 Å². The molecule has 3 aliphatic rings. The van der Waals surface area contributed by atoms with Gasteiger partial charge in [0.1, 0.15) is 11.9 Å². The van der Waals surface area contributed by atoms with E-state index in [9.17, 15) is 0 Å². The Hall–Kier alpha value is -1.06. The van der Waals surface area contributed by atoms with Gasteiger partial charge >= 0.3 is 0 Å². The average molecular weight is 272 g/mol. The molecule has 2 saturated heterocycles. The highest BCUT2D eigenvalue weighted by atomic mass is 16.5. The predicted molar refractivity (Wildman–Crippen MR) is 80.3 cm³/mol. The molecule has 4 rings (SSSR count). The summed E-state index contributed by atoms with van der Waals surface area (Å²) in [5, 5.41) is 3.78. The quantitative estimate of drug-likeness (QED) is 0.912. The maximum absolute atomic E-state index is 6.06. The lowest BCUT2D eigenvalue weighted by Crippen LogP contribution is -2.43. The number of nitrogens with zero attached hydrogens (tertiary/aromatic N) is 1. The van der Waals surface area contributed by atoms with E-state index in [-0.39, 0.29) is 0 Å². The van der Waals surface area contributed by atoms with Crippen LogP contribution in [0.25, 0.3) is 0 Å². The van der Waals surface area contributed by atoms with Gasteiger partial charge in [-0.3, -0.25) is 4.90 Å². The summed E-state index contributed by atoms with van der Waals surface area (Å²) in [4.78, 5) is 2.66. The molecule has 3 heterocycles. The van der Waals surface area contributed by atoms with E-state index in [4.69, 9.17) is 4.74 Å². The van der Waals surface area contributed by atoms with Crippen molar-refractivity contribution >= 4 is 0 Å². The third-order valence-corrected chi connectivity index (χ3v) is 5.17. The Bertz CT molecular complexity index is 502. The first-order chi connectivity index (χ1) is 9.79. The van der Waals surface area contributed by atoms with Crippen LogP contribution in [0, 0.1) is 6.92 Å². The fraction of sp³-hybridized carbons (Fsp3) is 0.647. The van der Waals surface area contributed by atoms with E-state index in [1.54, 1.807) is 0 Å². The monoisotopic (exact) mass is 272 g/mol. The molecule has 3 heteroatoms. The lowest BCUT2D eigenvalue weighted by Gasteiger charge is -2.22. The highest BCUT2D eigenvalue weighted by Crippen LogP contribution is 2.30. The molecule has 3 unspecified atom stereocenters. The average Bonchev–Trinajstić information content (AvgIpc) is 3.10. The van der Waals surface area contributed by atoms with E-state index in [0.717, 1.165) is 24.8 Å². The Morgan fingerprint density at radius 3 is 3.20 bits per heavy atom. The van der Waals surface area contributed by atoms with Crippen LogP contribution in [0.2, 0.25) is 0 Å². The largest absolute Gasteiger partial charge is 0.488 e. The molecule has 3 aliphatic heterocycles. The Labute approximate surface area is 121 Å². The SMILES string of the molecule is Cc1ccc2c(c1)CC(CNC1CCN3CCCC13)O2. The van der Waals surface area contributed by atoms with Crippen molar-refractivity contribution < 1.29 is 4.74 Å². The minimum absolute atomic E-state index is 0.322. The highest BCUT2D eigenvalue weighted by Gasteiger charge is 2.37. The van der Waals surface area contributed by atoms with Crippen molar-refractivity contribution in [3.8, 4) is 5.75 Å². The molecule has 0 spiro atoms. The van der Waals surface area contributed by atoms with Crippen LogP contribution in [0.5, 0.6) is 5.75 Å². The van der Waals surface area contributed by atoms with E-state index in [0.29, 0.717) is 12.1 Å². The minimum Gasteiger partial charge on any atom is -0.488 e. The van der Waals surface area contributed by atoms with Gasteiger partial charge in [0.05, 0.1) is 0 Å². The Morgan fingerprint density at radius 2 is 2.25 bits per heavy atom. The molecule has 0 amide bonds. The second-order valence-corrected chi connectivity index (χ2v) is 6.60. The number of hydrogen-bond donors (Lipinski definition) is 1. The minimum atomic E-state index is 0.322. The number of hydrogen-bond acceptors (Lipinski definition) is 3. The zero-order chi connectivity index (χ0) is 13.5. The summed E-state index contributed by atoms with van der Waals surface area (Å²) < 4.78 is 6.06. The summed E-state index contributed by atoms with van der Waals surface area (Å²) in [6.07, 6.45) is 5.45. The van der Waals surface area contributed by atoms with Crippen molar-refractivity contribution in [2.45, 2.75) is 50.8 Å². The summed E-state index contributed by atoms with van der Waals surface area (Å²) in [5.41, 5.74) is 2.71. The molecular formula is C17H24N2O. The number of rotatable bonds is 3. The summed E-state index contributed by atoms with van der Waals surface area (Å²) in [6, 6.07) is 8.01. The van der Waals surface area contributed by atoms with Gasteiger partial charge in [-0.25, -0.2) is 0 Å². The van der Waals surface area contributed by atoms with Gasteiger partial charge in [-0.15, -0.1) is 0 Å². The number of nitrogens with one attached hydrogen (secondary N) is 1. The molecule has 0 bridgehead atoms. The van der Waals surface area contributed by atoms with Crippen LogP contribution in [-0.2, 0) is 6.42 Å². The molecule has 0 aromatic heterocycles. The molecule has 0 saturated carbocycles. The molecule has 1 aromatic carbocycles. The summed E-state index contributed by atoms with van der Waals surface area (Å²) in [7, 11) is 0. The van der Waals surface area contributed by atoms with Crippen molar-refractivity contribution in [3.05, 3.63) is 29.3 Å². The zero-order valence-electron chi connectivity index (χ0n) is 12.3.